The third kappa shape index (κ3) is 5.28. The fourth-order valence-corrected chi connectivity index (χ4v) is 1.50. The number of pyridine rings is 1. The molecule has 0 saturated heterocycles. The van der Waals surface area contributed by atoms with Crippen LogP contribution in [-0.2, 0) is 4.79 Å². The topological polar surface area (TPSA) is 68.0 Å². The molecule has 0 fully saturated rings. The highest BCUT2D eigenvalue weighted by Gasteiger charge is 2.13. The lowest BCUT2D eigenvalue weighted by Gasteiger charge is -2.17. The minimum atomic E-state index is -0.314. The lowest BCUT2D eigenvalue weighted by atomic mass is 10.00. The molecule has 4 nitrogen and oxygen atoms in total. The largest absolute Gasteiger partial charge is 0.326 e. The molecule has 0 aliphatic carbocycles. The third-order valence-corrected chi connectivity index (χ3v) is 3.12. The van der Waals surface area contributed by atoms with Crippen molar-refractivity contribution in [3.63, 3.8) is 0 Å². The fraction of sp³-hybridized carbons (Fsp3) is 0.500. The summed E-state index contributed by atoms with van der Waals surface area (Å²) in [6.07, 6.45) is 2.70. The Kier molecular flexibility index (Phi) is 4.65. The first-order chi connectivity index (χ1) is 7.78. The predicted octanol–water partition coefficient (Wildman–Crippen LogP) is 2.61. The molecule has 0 aliphatic rings. The number of nitrogens with two attached hydrogens (primary N) is 1. The van der Waals surface area contributed by atoms with E-state index in [4.69, 9.17) is 5.73 Å². The highest BCUT2D eigenvalue weighted by atomic mass is 79.9. The van der Waals surface area contributed by atoms with Gasteiger partial charge in [0.15, 0.2) is 0 Å². The van der Waals surface area contributed by atoms with E-state index in [0.29, 0.717) is 18.5 Å². The Labute approximate surface area is 110 Å². The SMILES string of the molecule is Cc1cc(NC(=O)CCC(C)(C)N)cnc1Br. The van der Waals surface area contributed by atoms with E-state index in [-0.39, 0.29) is 11.4 Å². The number of carbonyl (C=O) groups excluding carboxylic acids is 1. The van der Waals surface area contributed by atoms with E-state index in [1.165, 1.54) is 0 Å². The van der Waals surface area contributed by atoms with Crippen LogP contribution in [0.3, 0.4) is 0 Å². The summed E-state index contributed by atoms with van der Waals surface area (Å²) in [4.78, 5) is 15.8. The van der Waals surface area contributed by atoms with Gasteiger partial charge >= 0.3 is 0 Å². The Bertz CT molecular complexity index is 413. The molecule has 1 heterocycles. The Morgan fingerprint density at radius 3 is 2.76 bits per heavy atom. The minimum absolute atomic E-state index is 0.0351. The molecule has 94 valence electrons. The molecule has 0 unspecified atom stereocenters. The van der Waals surface area contributed by atoms with Crippen molar-refractivity contribution < 1.29 is 4.79 Å². The summed E-state index contributed by atoms with van der Waals surface area (Å²) in [5, 5.41) is 2.80. The molecule has 0 bridgehead atoms. The summed E-state index contributed by atoms with van der Waals surface area (Å²) in [6.45, 7) is 5.74. The molecule has 0 spiro atoms. The van der Waals surface area contributed by atoms with Gasteiger partial charge in [0.05, 0.1) is 11.9 Å². The maximum absolute atomic E-state index is 11.6. The summed E-state index contributed by atoms with van der Waals surface area (Å²) < 4.78 is 0.790. The Morgan fingerprint density at radius 1 is 1.59 bits per heavy atom. The van der Waals surface area contributed by atoms with Gasteiger partial charge in [-0.2, -0.15) is 0 Å². The van der Waals surface area contributed by atoms with Gasteiger partial charge in [-0.15, -0.1) is 0 Å². The summed E-state index contributed by atoms with van der Waals surface area (Å²) in [5.74, 6) is -0.0351. The van der Waals surface area contributed by atoms with Crippen LogP contribution in [0.25, 0.3) is 0 Å². The molecule has 0 aromatic carbocycles. The van der Waals surface area contributed by atoms with Crippen LogP contribution in [0.1, 0.15) is 32.3 Å². The molecule has 0 saturated carbocycles. The minimum Gasteiger partial charge on any atom is -0.326 e. The molecule has 17 heavy (non-hydrogen) atoms. The molecule has 1 aromatic rings. The number of rotatable bonds is 4. The summed E-state index contributed by atoms with van der Waals surface area (Å²) in [7, 11) is 0. The Morgan fingerprint density at radius 2 is 2.24 bits per heavy atom. The van der Waals surface area contributed by atoms with Crippen molar-refractivity contribution in [1.29, 1.82) is 0 Å². The first kappa shape index (κ1) is 14.1. The average molecular weight is 300 g/mol. The van der Waals surface area contributed by atoms with Gasteiger partial charge in [-0.3, -0.25) is 4.79 Å². The van der Waals surface area contributed by atoms with E-state index >= 15 is 0 Å². The lowest BCUT2D eigenvalue weighted by molar-refractivity contribution is -0.116. The van der Waals surface area contributed by atoms with Crippen LogP contribution in [0, 0.1) is 6.92 Å². The molecule has 0 atom stereocenters. The van der Waals surface area contributed by atoms with Crippen molar-refractivity contribution in [1.82, 2.24) is 4.98 Å². The number of carbonyl (C=O) groups is 1. The van der Waals surface area contributed by atoms with Gasteiger partial charge in [-0.25, -0.2) is 4.98 Å². The molecule has 5 heteroatoms. The summed E-state index contributed by atoms with van der Waals surface area (Å²) in [6, 6.07) is 1.88. The normalized spacial score (nSPS) is 11.4. The van der Waals surface area contributed by atoms with Crippen molar-refractivity contribution in [2.75, 3.05) is 5.32 Å². The second-order valence-corrected chi connectivity index (χ2v) is 5.62. The first-order valence-corrected chi connectivity index (χ1v) is 6.28. The zero-order chi connectivity index (χ0) is 13.1. The van der Waals surface area contributed by atoms with E-state index in [9.17, 15) is 4.79 Å². The van der Waals surface area contributed by atoms with E-state index in [1.807, 2.05) is 26.8 Å². The molecule has 1 rings (SSSR count). The van der Waals surface area contributed by atoms with Gasteiger partial charge in [0.25, 0.3) is 0 Å². The van der Waals surface area contributed by atoms with Crippen molar-refractivity contribution in [2.45, 2.75) is 39.2 Å². The van der Waals surface area contributed by atoms with E-state index in [0.717, 1.165) is 10.2 Å². The van der Waals surface area contributed by atoms with Gasteiger partial charge in [-0.05, 0) is 54.8 Å². The highest BCUT2D eigenvalue weighted by molar-refractivity contribution is 9.10. The van der Waals surface area contributed by atoms with Crippen LogP contribution in [0.5, 0.6) is 0 Å². The van der Waals surface area contributed by atoms with Crippen LogP contribution in [0.15, 0.2) is 16.9 Å². The lowest BCUT2D eigenvalue weighted by Crippen LogP contribution is -2.33. The van der Waals surface area contributed by atoms with Gasteiger partial charge < -0.3 is 11.1 Å². The van der Waals surface area contributed by atoms with Crippen LogP contribution in [0.4, 0.5) is 5.69 Å². The van der Waals surface area contributed by atoms with E-state index in [2.05, 4.69) is 26.2 Å². The first-order valence-electron chi connectivity index (χ1n) is 5.49. The van der Waals surface area contributed by atoms with Gasteiger partial charge in [0.2, 0.25) is 5.91 Å². The average Bonchev–Trinajstić information content (AvgIpc) is 2.20. The summed E-state index contributed by atoms with van der Waals surface area (Å²) >= 11 is 3.31. The van der Waals surface area contributed by atoms with Crippen molar-refractivity contribution in [3.8, 4) is 0 Å². The number of anilines is 1. The van der Waals surface area contributed by atoms with Crippen molar-refractivity contribution in [2.24, 2.45) is 5.73 Å². The molecule has 0 radical (unpaired) electrons. The van der Waals surface area contributed by atoms with Crippen LogP contribution in [0.2, 0.25) is 0 Å². The smallest absolute Gasteiger partial charge is 0.224 e. The predicted molar refractivity (Wildman–Crippen MR) is 72.8 cm³/mol. The number of hydrogen-bond donors (Lipinski definition) is 2. The van der Waals surface area contributed by atoms with Gasteiger partial charge in [0, 0.05) is 12.0 Å². The number of aromatic nitrogens is 1. The second-order valence-electron chi connectivity index (χ2n) is 4.87. The maximum atomic E-state index is 11.6. The Balaban J connectivity index is 2.54. The standard InChI is InChI=1S/C12H18BrN3O/c1-8-6-9(7-15-11(8)13)16-10(17)4-5-12(2,3)14/h6-7H,4-5,14H2,1-3H3,(H,16,17). The van der Waals surface area contributed by atoms with Crippen LogP contribution >= 0.6 is 15.9 Å². The number of aryl methyl sites for hydroxylation is 1. The van der Waals surface area contributed by atoms with E-state index < -0.39 is 0 Å². The molecular weight excluding hydrogens is 282 g/mol. The number of nitrogens with zero attached hydrogens (tertiary/aromatic N) is 1. The second kappa shape index (κ2) is 5.60. The quantitative estimate of drug-likeness (QED) is 0.840. The molecule has 3 N–H and O–H groups in total. The van der Waals surface area contributed by atoms with E-state index in [1.54, 1.807) is 6.20 Å². The Hall–Kier alpha value is -0.940. The third-order valence-electron chi connectivity index (χ3n) is 2.29. The fourth-order valence-electron chi connectivity index (χ4n) is 1.29. The number of hydrogen-bond acceptors (Lipinski definition) is 3. The van der Waals surface area contributed by atoms with Gasteiger partial charge in [-0.1, -0.05) is 0 Å². The molecule has 1 aromatic heterocycles. The van der Waals surface area contributed by atoms with Crippen LogP contribution in [-0.4, -0.2) is 16.4 Å². The van der Waals surface area contributed by atoms with Crippen LogP contribution < -0.4 is 11.1 Å². The molecule has 0 aliphatic heterocycles. The van der Waals surface area contributed by atoms with Gasteiger partial charge in [0.1, 0.15) is 4.60 Å². The molecule has 1 amide bonds. The zero-order valence-electron chi connectivity index (χ0n) is 10.4. The van der Waals surface area contributed by atoms with Crippen molar-refractivity contribution in [3.05, 3.63) is 22.4 Å². The monoisotopic (exact) mass is 299 g/mol. The number of nitrogens with one attached hydrogen (secondary N) is 1. The number of halogens is 1. The molecular formula is C12H18BrN3O. The zero-order valence-corrected chi connectivity index (χ0v) is 12.0. The highest BCUT2D eigenvalue weighted by Crippen LogP contribution is 2.17. The maximum Gasteiger partial charge on any atom is 0.224 e. The number of amides is 1. The summed E-state index contributed by atoms with van der Waals surface area (Å²) in [5.41, 5.74) is 7.21. The van der Waals surface area contributed by atoms with Crippen molar-refractivity contribution >= 4 is 27.5 Å².